The number of unbranched alkanes of at least 4 members (excludes halogenated alkanes) is 1. The fourth-order valence-corrected chi connectivity index (χ4v) is 2.48. The van der Waals surface area contributed by atoms with E-state index in [0.717, 1.165) is 24.3 Å². The van der Waals surface area contributed by atoms with Crippen LogP contribution in [0.2, 0.25) is 0 Å². The summed E-state index contributed by atoms with van der Waals surface area (Å²) in [7, 11) is 0. The minimum absolute atomic E-state index is 0.738. The normalized spacial score (nSPS) is 28.5. The lowest BCUT2D eigenvalue weighted by Crippen LogP contribution is -2.26. The van der Waals surface area contributed by atoms with E-state index in [2.05, 4.69) is 13.8 Å². The van der Waals surface area contributed by atoms with Gasteiger partial charge in [0.05, 0.1) is 0 Å². The van der Waals surface area contributed by atoms with Crippen molar-refractivity contribution < 1.29 is 0 Å². The van der Waals surface area contributed by atoms with Crippen molar-refractivity contribution in [2.45, 2.75) is 58.8 Å². The Morgan fingerprint density at radius 2 is 1.86 bits per heavy atom. The molecular formula is C13H27N. The first-order valence-corrected chi connectivity index (χ1v) is 6.48. The summed E-state index contributed by atoms with van der Waals surface area (Å²) in [6.45, 7) is 5.44. The average Bonchev–Trinajstić information content (AvgIpc) is 2.16. The largest absolute Gasteiger partial charge is 0.330 e. The van der Waals surface area contributed by atoms with Crippen molar-refractivity contribution in [3.05, 3.63) is 0 Å². The zero-order chi connectivity index (χ0) is 10.4. The maximum Gasteiger partial charge on any atom is -0.00515 e. The van der Waals surface area contributed by atoms with E-state index in [-0.39, 0.29) is 0 Å². The Labute approximate surface area is 89.5 Å². The Morgan fingerprint density at radius 1 is 1.21 bits per heavy atom. The van der Waals surface area contributed by atoms with Crippen LogP contribution in [0.5, 0.6) is 0 Å². The molecule has 0 radical (unpaired) electrons. The van der Waals surface area contributed by atoms with Gasteiger partial charge in [-0.05, 0) is 50.0 Å². The Bertz CT molecular complexity index is 144. The van der Waals surface area contributed by atoms with E-state index in [9.17, 15) is 0 Å². The van der Waals surface area contributed by atoms with Crippen LogP contribution >= 0.6 is 0 Å². The van der Waals surface area contributed by atoms with Crippen LogP contribution in [0.15, 0.2) is 0 Å². The monoisotopic (exact) mass is 197 g/mol. The molecule has 0 aromatic carbocycles. The van der Waals surface area contributed by atoms with Gasteiger partial charge < -0.3 is 5.73 Å². The Morgan fingerprint density at radius 3 is 2.36 bits per heavy atom. The molecule has 0 bridgehead atoms. The maximum atomic E-state index is 5.63. The molecule has 0 heterocycles. The van der Waals surface area contributed by atoms with Crippen molar-refractivity contribution >= 4 is 0 Å². The quantitative estimate of drug-likeness (QED) is 0.663. The molecule has 0 amide bonds. The molecule has 0 aromatic rings. The smallest absolute Gasteiger partial charge is 0.00515 e. The lowest BCUT2D eigenvalue weighted by atomic mass is 9.68. The number of rotatable bonds is 7. The Hall–Kier alpha value is -0.0400. The molecule has 3 atom stereocenters. The zero-order valence-electron chi connectivity index (χ0n) is 9.97. The van der Waals surface area contributed by atoms with Crippen LogP contribution < -0.4 is 5.73 Å². The molecule has 1 aliphatic rings. The minimum Gasteiger partial charge on any atom is -0.330 e. The second kappa shape index (κ2) is 6.44. The maximum absolute atomic E-state index is 5.63. The summed E-state index contributed by atoms with van der Waals surface area (Å²) in [6.07, 6.45) is 10.1. The topological polar surface area (TPSA) is 26.0 Å². The second-order valence-corrected chi connectivity index (χ2v) is 5.16. The van der Waals surface area contributed by atoms with Crippen LogP contribution in [0.4, 0.5) is 0 Å². The van der Waals surface area contributed by atoms with Gasteiger partial charge in [-0.15, -0.1) is 0 Å². The lowest BCUT2D eigenvalue weighted by molar-refractivity contribution is 0.141. The van der Waals surface area contributed by atoms with Gasteiger partial charge in [-0.3, -0.25) is 0 Å². The van der Waals surface area contributed by atoms with Crippen molar-refractivity contribution in [3.63, 3.8) is 0 Å². The van der Waals surface area contributed by atoms with E-state index in [1.54, 1.807) is 0 Å². The van der Waals surface area contributed by atoms with Crippen LogP contribution in [0.1, 0.15) is 58.8 Å². The van der Waals surface area contributed by atoms with Gasteiger partial charge in [-0.2, -0.15) is 0 Å². The highest BCUT2D eigenvalue weighted by Crippen LogP contribution is 2.41. The van der Waals surface area contributed by atoms with Gasteiger partial charge in [0.25, 0.3) is 0 Å². The van der Waals surface area contributed by atoms with E-state index in [1.807, 2.05) is 0 Å². The summed E-state index contributed by atoms with van der Waals surface area (Å²) in [6, 6.07) is 0. The van der Waals surface area contributed by atoms with Crippen molar-refractivity contribution in [3.8, 4) is 0 Å². The molecule has 0 aromatic heterocycles. The Kier molecular flexibility index (Phi) is 5.54. The Balaban J connectivity index is 2.07. The summed E-state index contributed by atoms with van der Waals surface area (Å²) < 4.78 is 0. The second-order valence-electron chi connectivity index (χ2n) is 5.16. The molecule has 1 aliphatic carbocycles. The van der Waals surface area contributed by atoms with Crippen LogP contribution in [0.3, 0.4) is 0 Å². The lowest BCUT2D eigenvalue weighted by Gasteiger charge is -2.37. The van der Waals surface area contributed by atoms with Crippen molar-refractivity contribution in [2.75, 3.05) is 6.54 Å². The van der Waals surface area contributed by atoms with E-state index >= 15 is 0 Å². The predicted octanol–water partition coefficient (Wildman–Crippen LogP) is 3.58. The molecule has 1 rings (SSSR count). The molecule has 0 spiro atoms. The van der Waals surface area contributed by atoms with E-state index in [4.69, 9.17) is 5.73 Å². The average molecular weight is 197 g/mol. The summed E-state index contributed by atoms with van der Waals surface area (Å²) in [5.41, 5.74) is 5.63. The SMILES string of the molecule is CCCCC1CCC1CCC(C)CN. The van der Waals surface area contributed by atoms with Gasteiger partial charge in [0.2, 0.25) is 0 Å². The molecule has 0 aliphatic heterocycles. The number of hydrogen-bond donors (Lipinski definition) is 1. The van der Waals surface area contributed by atoms with Crippen LogP contribution in [0.25, 0.3) is 0 Å². The summed E-state index contributed by atoms with van der Waals surface area (Å²) in [4.78, 5) is 0. The fraction of sp³-hybridized carbons (Fsp3) is 1.00. The standard InChI is InChI=1S/C13H27N/c1-3-4-5-12-8-9-13(12)7-6-11(2)10-14/h11-13H,3-10,14H2,1-2H3. The van der Waals surface area contributed by atoms with Gasteiger partial charge in [-0.25, -0.2) is 0 Å². The van der Waals surface area contributed by atoms with Gasteiger partial charge in [0, 0.05) is 0 Å². The van der Waals surface area contributed by atoms with E-state index < -0.39 is 0 Å². The molecule has 0 saturated heterocycles. The molecule has 84 valence electrons. The summed E-state index contributed by atoms with van der Waals surface area (Å²) >= 11 is 0. The molecule has 3 unspecified atom stereocenters. The van der Waals surface area contributed by atoms with Gasteiger partial charge in [0.15, 0.2) is 0 Å². The van der Waals surface area contributed by atoms with Crippen LogP contribution in [0, 0.1) is 17.8 Å². The van der Waals surface area contributed by atoms with Gasteiger partial charge in [-0.1, -0.05) is 33.1 Å². The minimum atomic E-state index is 0.738. The third-order valence-electron chi connectivity index (χ3n) is 3.94. The van der Waals surface area contributed by atoms with Gasteiger partial charge >= 0.3 is 0 Å². The first-order valence-electron chi connectivity index (χ1n) is 6.48. The third kappa shape index (κ3) is 3.61. The van der Waals surface area contributed by atoms with Crippen molar-refractivity contribution in [1.29, 1.82) is 0 Å². The highest BCUT2D eigenvalue weighted by molar-refractivity contribution is 4.80. The first kappa shape index (κ1) is 12.0. The molecule has 14 heavy (non-hydrogen) atoms. The zero-order valence-corrected chi connectivity index (χ0v) is 9.97. The van der Waals surface area contributed by atoms with Gasteiger partial charge in [0.1, 0.15) is 0 Å². The summed E-state index contributed by atoms with van der Waals surface area (Å²) in [5, 5.41) is 0. The van der Waals surface area contributed by atoms with Crippen LogP contribution in [-0.4, -0.2) is 6.54 Å². The molecule has 1 heteroatoms. The van der Waals surface area contributed by atoms with Crippen molar-refractivity contribution in [2.24, 2.45) is 23.5 Å². The first-order chi connectivity index (χ1) is 6.77. The third-order valence-corrected chi connectivity index (χ3v) is 3.94. The molecular weight excluding hydrogens is 170 g/mol. The highest BCUT2D eigenvalue weighted by atomic mass is 14.5. The van der Waals surface area contributed by atoms with Crippen LogP contribution in [-0.2, 0) is 0 Å². The fourth-order valence-electron chi connectivity index (χ4n) is 2.48. The molecule has 1 fully saturated rings. The molecule has 1 nitrogen and oxygen atoms in total. The number of hydrogen-bond acceptors (Lipinski definition) is 1. The molecule has 2 N–H and O–H groups in total. The highest BCUT2D eigenvalue weighted by Gasteiger charge is 2.29. The van der Waals surface area contributed by atoms with Crippen molar-refractivity contribution in [1.82, 2.24) is 0 Å². The van der Waals surface area contributed by atoms with E-state index in [0.29, 0.717) is 0 Å². The summed E-state index contributed by atoms with van der Waals surface area (Å²) in [5.74, 6) is 2.86. The predicted molar refractivity (Wildman–Crippen MR) is 63.2 cm³/mol. The van der Waals surface area contributed by atoms with E-state index in [1.165, 1.54) is 44.9 Å². The molecule has 1 saturated carbocycles. The number of nitrogens with two attached hydrogens (primary N) is 1.